The minimum absolute atomic E-state index is 0.157. The van der Waals surface area contributed by atoms with Crippen LogP contribution in [0.4, 0.5) is 0 Å². The third-order valence-electron chi connectivity index (χ3n) is 6.69. The molecule has 0 spiro atoms. The summed E-state index contributed by atoms with van der Waals surface area (Å²) in [6.45, 7) is 4.64. The molecule has 0 saturated heterocycles. The molecule has 5 rings (SSSR count). The van der Waals surface area contributed by atoms with Crippen LogP contribution in [0.5, 0.6) is 5.75 Å². The molecule has 0 unspecified atom stereocenters. The molecule has 0 radical (unpaired) electrons. The number of rotatable bonds is 7. The quantitative estimate of drug-likeness (QED) is 0.533. The van der Waals surface area contributed by atoms with E-state index in [0.717, 1.165) is 38.1 Å². The first-order valence-corrected chi connectivity index (χ1v) is 11.8. The maximum atomic E-state index is 11.1. The predicted molar refractivity (Wildman–Crippen MR) is 124 cm³/mol. The van der Waals surface area contributed by atoms with E-state index in [-0.39, 0.29) is 5.92 Å². The summed E-state index contributed by atoms with van der Waals surface area (Å²) in [6.07, 6.45) is 2.43. The van der Waals surface area contributed by atoms with Crippen LogP contribution in [0.25, 0.3) is 11.1 Å². The number of thiophene rings is 1. The molecule has 2 aromatic carbocycles. The maximum absolute atomic E-state index is 11.1. The van der Waals surface area contributed by atoms with Crippen LogP contribution in [0, 0.1) is 12.8 Å². The van der Waals surface area contributed by atoms with Crippen molar-refractivity contribution in [2.45, 2.75) is 45.3 Å². The van der Waals surface area contributed by atoms with Crippen molar-refractivity contribution >= 4 is 17.3 Å². The molecular weight excluding hydrogens is 406 g/mol. The zero-order valence-electron chi connectivity index (χ0n) is 17.7. The van der Waals surface area contributed by atoms with E-state index in [1.807, 2.05) is 0 Å². The van der Waals surface area contributed by atoms with Crippen LogP contribution in [0.3, 0.4) is 0 Å². The fourth-order valence-electron chi connectivity index (χ4n) is 4.74. The molecule has 31 heavy (non-hydrogen) atoms. The zero-order valence-corrected chi connectivity index (χ0v) is 18.5. The van der Waals surface area contributed by atoms with Crippen molar-refractivity contribution in [1.29, 1.82) is 0 Å². The lowest BCUT2D eigenvalue weighted by atomic mass is 9.79. The Morgan fingerprint density at radius 2 is 1.97 bits per heavy atom. The predicted octanol–water partition coefficient (Wildman–Crippen LogP) is 5.52. The summed E-state index contributed by atoms with van der Waals surface area (Å²) in [5, 5.41) is 13.4. The molecule has 0 atom stereocenters. The van der Waals surface area contributed by atoms with E-state index in [1.54, 1.807) is 11.3 Å². The number of hydrogen-bond acceptors (Lipinski definition) is 4. The molecule has 1 N–H and O–H groups in total. The topological polar surface area (TPSA) is 49.8 Å². The van der Waals surface area contributed by atoms with E-state index in [4.69, 9.17) is 9.84 Å². The lowest BCUT2D eigenvalue weighted by Crippen LogP contribution is -2.44. The van der Waals surface area contributed by atoms with Crippen LogP contribution in [-0.2, 0) is 24.3 Å². The first kappa shape index (κ1) is 20.3. The Balaban J connectivity index is 1.15. The molecule has 3 aromatic rings. The number of ether oxygens (including phenoxy) is 1. The number of carboxylic acid groups (broad SMARTS) is 1. The highest BCUT2D eigenvalue weighted by Crippen LogP contribution is 2.37. The van der Waals surface area contributed by atoms with Gasteiger partial charge < -0.3 is 9.84 Å². The number of carboxylic acids is 1. The first-order chi connectivity index (χ1) is 15.1. The standard InChI is InChI=1S/C26H27NO3S/c1-17-10-18(2-5-25(17)20-7-9-31-16-20)6-8-30-24-4-3-19-14-27(15-22(19)13-24)23-11-21(12-23)26(28)29/h2-5,7,9-10,13,16,21,23H,6,8,11-12,14-15H2,1H3,(H,28,29)/t21-,23-. The average molecular weight is 434 g/mol. The van der Waals surface area contributed by atoms with Gasteiger partial charge in [0.05, 0.1) is 12.5 Å². The number of nitrogens with zero attached hydrogens (tertiary/aromatic N) is 1. The monoisotopic (exact) mass is 433 g/mol. The molecule has 1 aliphatic heterocycles. The van der Waals surface area contributed by atoms with E-state index in [2.05, 4.69) is 65.0 Å². The van der Waals surface area contributed by atoms with Gasteiger partial charge in [-0.3, -0.25) is 9.69 Å². The number of carbonyl (C=O) groups is 1. The van der Waals surface area contributed by atoms with Gasteiger partial charge in [-0.2, -0.15) is 11.3 Å². The Morgan fingerprint density at radius 1 is 1.13 bits per heavy atom. The van der Waals surface area contributed by atoms with Crippen molar-refractivity contribution in [3.63, 3.8) is 0 Å². The second kappa shape index (κ2) is 8.48. The van der Waals surface area contributed by atoms with Gasteiger partial charge in [-0.25, -0.2) is 0 Å². The van der Waals surface area contributed by atoms with Gasteiger partial charge in [0, 0.05) is 25.6 Å². The van der Waals surface area contributed by atoms with E-state index in [9.17, 15) is 4.79 Å². The Kier molecular flexibility index (Phi) is 5.55. The second-order valence-corrected chi connectivity index (χ2v) is 9.54. The fraction of sp³-hybridized carbons (Fsp3) is 0.346. The molecular formula is C26H27NO3S. The normalized spacial score (nSPS) is 20.3. The fourth-order valence-corrected chi connectivity index (χ4v) is 5.40. The average Bonchev–Trinajstić information content (AvgIpc) is 3.36. The Bertz CT molecular complexity index is 1090. The molecule has 5 heteroatoms. The van der Waals surface area contributed by atoms with Crippen molar-refractivity contribution in [2.75, 3.05) is 6.61 Å². The second-order valence-electron chi connectivity index (χ2n) is 8.76. The zero-order chi connectivity index (χ0) is 21.4. The summed E-state index contributed by atoms with van der Waals surface area (Å²) in [4.78, 5) is 13.5. The van der Waals surface area contributed by atoms with Crippen LogP contribution in [0.1, 0.15) is 35.1 Å². The number of aryl methyl sites for hydroxylation is 1. The first-order valence-electron chi connectivity index (χ1n) is 10.9. The van der Waals surface area contributed by atoms with Gasteiger partial charge in [0.1, 0.15) is 5.75 Å². The minimum Gasteiger partial charge on any atom is -0.493 e. The third kappa shape index (κ3) is 4.25. The van der Waals surface area contributed by atoms with Crippen LogP contribution in [0.15, 0.2) is 53.2 Å². The minimum atomic E-state index is -0.653. The molecule has 160 valence electrons. The molecule has 1 aromatic heterocycles. The van der Waals surface area contributed by atoms with Gasteiger partial charge in [-0.05, 0) is 82.1 Å². The Hall–Kier alpha value is -2.63. The van der Waals surface area contributed by atoms with Crippen LogP contribution in [0.2, 0.25) is 0 Å². The molecule has 0 bridgehead atoms. The molecule has 2 heterocycles. The number of fused-ring (bicyclic) bond motifs is 1. The van der Waals surface area contributed by atoms with E-state index in [0.29, 0.717) is 12.6 Å². The van der Waals surface area contributed by atoms with Crippen molar-refractivity contribution < 1.29 is 14.6 Å². The number of benzene rings is 2. The van der Waals surface area contributed by atoms with Gasteiger partial charge in [-0.15, -0.1) is 0 Å². The molecule has 0 amide bonds. The van der Waals surface area contributed by atoms with Crippen molar-refractivity contribution in [1.82, 2.24) is 4.90 Å². The van der Waals surface area contributed by atoms with Gasteiger partial charge in [-0.1, -0.05) is 24.3 Å². The highest BCUT2D eigenvalue weighted by Gasteiger charge is 2.39. The summed E-state index contributed by atoms with van der Waals surface area (Å²) < 4.78 is 6.07. The highest BCUT2D eigenvalue weighted by atomic mass is 32.1. The lowest BCUT2D eigenvalue weighted by Gasteiger charge is -2.39. The Labute approximate surface area is 187 Å². The molecule has 2 aliphatic rings. The summed E-state index contributed by atoms with van der Waals surface area (Å²) in [7, 11) is 0. The highest BCUT2D eigenvalue weighted by molar-refractivity contribution is 7.08. The van der Waals surface area contributed by atoms with Crippen molar-refractivity contribution in [3.05, 3.63) is 75.5 Å². The van der Waals surface area contributed by atoms with E-state index >= 15 is 0 Å². The van der Waals surface area contributed by atoms with Gasteiger partial charge >= 0.3 is 5.97 Å². The Morgan fingerprint density at radius 3 is 2.71 bits per heavy atom. The van der Waals surface area contributed by atoms with Crippen molar-refractivity contribution in [3.8, 4) is 16.9 Å². The smallest absolute Gasteiger partial charge is 0.306 e. The maximum Gasteiger partial charge on any atom is 0.306 e. The largest absolute Gasteiger partial charge is 0.493 e. The molecule has 4 nitrogen and oxygen atoms in total. The van der Waals surface area contributed by atoms with Gasteiger partial charge in [0.15, 0.2) is 0 Å². The lowest BCUT2D eigenvalue weighted by molar-refractivity contribution is -0.147. The summed E-state index contributed by atoms with van der Waals surface area (Å²) in [5.41, 5.74) is 7.84. The summed E-state index contributed by atoms with van der Waals surface area (Å²) >= 11 is 1.73. The SMILES string of the molecule is Cc1cc(CCOc2ccc3c(c2)CN([C@H]2C[C@H](C(=O)O)C2)C3)ccc1-c1ccsc1. The van der Waals surface area contributed by atoms with E-state index in [1.165, 1.54) is 33.4 Å². The van der Waals surface area contributed by atoms with Crippen molar-refractivity contribution in [2.24, 2.45) is 5.92 Å². The molecule has 1 aliphatic carbocycles. The van der Waals surface area contributed by atoms with E-state index < -0.39 is 5.97 Å². The molecule has 1 fully saturated rings. The van der Waals surface area contributed by atoms with Crippen LogP contribution >= 0.6 is 11.3 Å². The van der Waals surface area contributed by atoms with Crippen LogP contribution in [-0.4, -0.2) is 28.6 Å². The van der Waals surface area contributed by atoms with Crippen LogP contribution < -0.4 is 4.74 Å². The summed E-state index contributed by atoms with van der Waals surface area (Å²) in [5.74, 6) is 0.111. The number of hydrogen-bond donors (Lipinski definition) is 1. The molecule has 1 saturated carbocycles. The van der Waals surface area contributed by atoms with Gasteiger partial charge in [0.2, 0.25) is 0 Å². The number of aliphatic carboxylic acids is 1. The third-order valence-corrected chi connectivity index (χ3v) is 7.37. The summed E-state index contributed by atoms with van der Waals surface area (Å²) in [6, 6.07) is 15.6. The van der Waals surface area contributed by atoms with Gasteiger partial charge in [0.25, 0.3) is 0 Å².